The Morgan fingerprint density at radius 2 is 1.75 bits per heavy atom. The normalized spacial score (nSPS) is 14.8. The maximum absolute atomic E-state index is 13.7. The smallest absolute Gasteiger partial charge is 0.425 e. The zero-order chi connectivity index (χ0) is 18.0. The highest BCUT2D eigenvalue weighted by Crippen LogP contribution is 2.41. The van der Waals surface area contributed by atoms with Crippen molar-refractivity contribution in [3.63, 3.8) is 0 Å². The molecule has 1 aromatic heterocycles. The molecule has 130 valence electrons. The summed E-state index contributed by atoms with van der Waals surface area (Å²) < 4.78 is 76.2. The Balaban J connectivity index is 2.66. The van der Waals surface area contributed by atoms with E-state index in [0.717, 1.165) is 30.5 Å². The molecule has 0 aliphatic heterocycles. The molecule has 0 saturated carbocycles. The quantitative estimate of drug-likeness (QED) is 0.823. The number of benzene rings is 1. The minimum Gasteiger partial charge on any atom is -0.467 e. The van der Waals surface area contributed by atoms with Crippen molar-refractivity contribution < 1.29 is 35.5 Å². The van der Waals surface area contributed by atoms with Gasteiger partial charge in [-0.2, -0.15) is 17.9 Å². The highest BCUT2D eigenvalue weighted by Gasteiger charge is 2.67. The summed E-state index contributed by atoms with van der Waals surface area (Å²) in [5, 5.41) is 0. The fourth-order valence-electron chi connectivity index (χ4n) is 2.01. The predicted molar refractivity (Wildman–Crippen MR) is 75.2 cm³/mol. The third-order valence-corrected chi connectivity index (χ3v) is 4.62. The van der Waals surface area contributed by atoms with E-state index in [9.17, 15) is 26.4 Å². The fraction of sp³-hybridized carbons (Fsp3) is 0.214. The van der Waals surface area contributed by atoms with Crippen LogP contribution >= 0.6 is 0 Å². The summed E-state index contributed by atoms with van der Waals surface area (Å²) in [6, 6.07) is 8.24. The number of ether oxygens (including phenoxy) is 1. The molecule has 24 heavy (non-hydrogen) atoms. The van der Waals surface area contributed by atoms with Gasteiger partial charge in [-0.3, -0.25) is 0 Å². The van der Waals surface area contributed by atoms with Crippen LogP contribution < -0.4 is 4.72 Å². The van der Waals surface area contributed by atoms with Crippen molar-refractivity contribution in [2.75, 3.05) is 7.11 Å². The third kappa shape index (κ3) is 3.02. The zero-order valence-electron chi connectivity index (χ0n) is 12.2. The topological polar surface area (TPSA) is 85.6 Å². The van der Waals surface area contributed by atoms with Crippen molar-refractivity contribution in [3.05, 3.63) is 54.5 Å². The van der Waals surface area contributed by atoms with E-state index in [2.05, 4.69) is 9.15 Å². The molecule has 1 heterocycles. The lowest BCUT2D eigenvalue weighted by Crippen LogP contribution is -2.61. The molecule has 0 bridgehead atoms. The molecule has 0 aliphatic carbocycles. The highest BCUT2D eigenvalue weighted by molar-refractivity contribution is 7.89. The number of furan rings is 1. The molecule has 10 heteroatoms. The fourth-order valence-corrected chi connectivity index (χ4v) is 3.35. The summed E-state index contributed by atoms with van der Waals surface area (Å²) in [4.78, 5) is 11.5. The number of nitrogens with one attached hydrogen (secondary N) is 1. The summed E-state index contributed by atoms with van der Waals surface area (Å²) >= 11 is 0. The van der Waals surface area contributed by atoms with Crippen LogP contribution in [0.4, 0.5) is 13.2 Å². The Labute approximate surface area is 135 Å². The molecule has 0 amide bonds. The van der Waals surface area contributed by atoms with Gasteiger partial charge in [0, 0.05) is 0 Å². The van der Waals surface area contributed by atoms with Crippen molar-refractivity contribution in [1.29, 1.82) is 0 Å². The summed E-state index contributed by atoms with van der Waals surface area (Å²) in [6.45, 7) is 0. The Kier molecular flexibility index (Phi) is 4.72. The minimum atomic E-state index is -5.36. The molecule has 0 unspecified atom stereocenters. The van der Waals surface area contributed by atoms with Crippen molar-refractivity contribution in [1.82, 2.24) is 4.72 Å². The highest BCUT2D eigenvalue weighted by atomic mass is 32.2. The van der Waals surface area contributed by atoms with Gasteiger partial charge in [-0.1, -0.05) is 18.2 Å². The van der Waals surface area contributed by atoms with Gasteiger partial charge in [0.15, 0.2) is 0 Å². The van der Waals surface area contributed by atoms with E-state index >= 15 is 0 Å². The zero-order valence-corrected chi connectivity index (χ0v) is 13.0. The van der Waals surface area contributed by atoms with Crippen molar-refractivity contribution >= 4 is 16.0 Å². The number of sulfonamides is 1. The molecule has 0 aliphatic rings. The van der Waals surface area contributed by atoms with Gasteiger partial charge in [0.1, 0.15) is 5.76 Å². The molecule has 0 radical (unpaired) electrons. The molecule has 0 spiro atoms. The van der Waals surface area contributed by atoms with E-state index in [1.165, 1.54) is 22.9 Å². The van der Waals surface area contributed by atoms with Crippen molar-refractivity contribution in [2.24, 2.45) is 0 Å². The number of hydrogen-bond donors (Lipinski definition) is 1. The SMILES string of the molecule is COC(=O)[C@](NS(=O)(=O)c1ccccc1)(c1ccco1)C(F)(F)F. The lowest BCUT2D eigenvalue weighted by atomic mass is 9.97. The number of alkyl halides is 3. The summed E-state index contributed by atoms with van der Waals surface area (Å²) in [7, 11) is -4.00. The van der Waals surface area contributed by atoms with Gasteiger partial charge in [-0.15, -0.1) is 0 Å². The number of esters is 1. The van der Waals surface area contributed by atoms with E-state index in [1.54, 1.807) is 0 Å². The van der Waals surface area contributed by atoms with Gasteiger partial charge in [0.2, 0.25) is 10.0 Å². The van der Waals surface area contributed by atoms with Crippen LogP contribution in [0.25, 0.3) is 0 Å². The molecule has 1 N–H and O–H groups in total. The summed E-state index contributed by atoms with van der Waals surface area (Å²) in [5.74, 6) is -2.83. The number of halogens is 3. The molecule has 0 fully saturated rings. The third-order valence-electron chi connectivity index (χ3n) is 3.15. The van der Waals surface area contributed by atoms with Crippen LogP contribution in [0.3, 0.4) is 0 Å². The molecule has 1 aromatic carbocycles. The van der Waals surface area contributed by atoms with Crippen molar-refractivity contribution in [3.8, 4) is 0 Å². The Morgan fingerprint density at radius 1 is 1.12 bits per heavy atom. The van der Waals surface area contributed by atoms with Crippen LogP contribution in [0.15, 0.2) is 58.0 Å². The average molecular weight is 363 g/mol. The molecular weight excluding hydrogens is 351 g/mol. The molecular formula is C14H12F3NO5S. The van der Waals surface area contributed by atoms with E-state index in [-0.39, 0.29) is 0 Å². The predicted octanol–water partition coefficient (Wildman–Crippen LogP) is 2.19. The second-order valence-corrected chi connectivity index (χ2v) is 6.32. The monoisotopic (exact) mass is 363 g/mol. The lowest BCUT2D eigenvalue weighted by molar-refractivity contribution is -0.214. The molecule has 2 rings (SSSR count). The Bertz CT molecular complexity index is 803. The molecule has 6 nitrogen and oxygen atoms in total. The first-order valence-electron chi connectivity index (χ1n) is 6.43. The first-order valence-corrected chi connectivity index (χ1v) is 7.91. The number of carbonyl (C=O) groups excluding carboxylic acids is 1. The standard InChI is InChI=1S/C14H12F3NO5S/c1-22-12(19)13(14(15,16)17,11-8-5-9-23-11)18-24(20,21)10-6-3-2-4-7-10/h2-9,18H,1H3/t13-/m1/s1. The van der Waals surface area contributed by atoms with Gasteiger partial charge in [-0.05, 0) is 24.3 Å². The maximum atomic E-state index is 13.7. The average Bonchev–Trinajstić information content (AvgIpc) is 3.06. The van der Waals surface area contributed by atoms with Crippen LogP contribution in [0, 0.1) is 0 Å². The van der Waals surface area contributed by atoms with E-state index < -0.39 is 38.4 Å². The largest absolute Gasteiger partial charge is 0.467 e. The van der Waals surface area contributed by atoms with E-state index in [0.29, 0.717) is 7.11 Å². The Morgan fingerprint density at radius 3 is 2.21 bits per heavy atom. The lowest BCUT2D eigenvalue weighted by Gasteiger charge is -2.31. The van der Waals surface area contributed by atoms with Gasteiger partial charge in [0.25, 0.3) is 5.54 Å². The molecule has 2 aromatic rings. The van der Waals surface area contributed by atoms with E-state index in [1.807, 2.05) is 0 Å². The number of rotatable bonds is 5. The maximum Gasteiger partial charge on any atom is 0.425 e. The van der Waals surface area contributed by atoms with Gasteiger partial charge < -0.3 is 9.15 Å². The molecule has 0 saturated heterocycles. The first kappa shape index (κ1) is 18.0. The Hall–Kier alpha value is -2.33. The second-order valence-electron chi connectivity index (χ2n) is 4.64. The number of hydrogen-bond acceptors (Lipinski definition) is 5. The number of carbonyl (C=O) groups is 1. The first-order chi connectivity index (χ1) is 11.1. The van der Waals surface area contributed by atoms with Crippen LogP contribution in [-0.2, 0) is 25.1 Å². The van der Waals surface area contributed by atoms with Gasteiger partial charge in [-0.25, -0.2) is 13.2 Å². The van der Waals surface area contributed by atoms with Crippen LogP contribution in [-0.4, -0.2) is 27.7 Å². The van der Waals surface area contributed by atoms with Gasteiger partial charge in [0.05, 0.1) is 18.3 Å². The number of methoxy groups -OCH3 is 1. The van der Waals surface area contributed by atoms with Crippen LogP contribution in [0.5, 0.6) is 0 Å². The van der Waals surface area contributed by atoms with E-state index in [4.69, 9.17) is 0 Å². The summed E-state index contributed by atoms with van der Waals surface area (Å²) in [5.41, 5.74) is -3.71. The van der Waals surface area contributed by atoms with Gasteiger partial charge >= 0.3 is 12.1 Å². The minimum absolute atomic E-state index is 0.450. The van der Waals surface area contributed by atoms with Crippen LogP contribution in [0.1, 0.15) is 5.76 Å². The van der Waals surface area contributed by atoms with Crippen LogP contribution in [0.2, 0.25) is 0 Å². The second kappa shape index (κ2) is 6.29. The summed E-state index contributed by atoms with van der Waals surface area (Å²) in [6.07, 6.45) is -4.48. The molecule has 1 atom stereocenters. The van der Waals surface area contributed by atoms with Crippen molar-refractivity contribution in [2.45, 2.75) is 16.6 Å².